The minimum atomic E-state index is -1.47. The molecule has 0 saturated carbocycles. The van der Waals surface area contributed by atoms with Crippen molar-refractivity contribution in [3.05, 3.63) is 48.6 Å². The van der Waals surface area contributed by atoms with Gasteiger partial charge in [-0.05, 0) is 5.56 Å². The van der Waals surface area contributed by atoms with Gasteiger partial charge in [-0.2, -0.15) is 0 Å². The van der Waals surface area contributed by atoms with Gasteiger partial charge in [-0.15, -0.1) is 0 Å². The summed E-state index contributed by atoms with van der Waals surface area (Å²) in [4.78, 5) is 23.0. The predicted octanol–water partition coefficient (Wildman–Crippen LogP) is 2.11. The van der Waals surface area contributed by atoms with Gasteiger partial charge in [0.25, 0.3) is 0 Å². The van der Waals surface area contributed by atoms with E-state index in [1.807, 2.05) is 30.3 Å². The van der Waals surface area contributed by atoms with Crippen LogP contribution in [0.4, 0.5) is 4.79 Å². The molecule has 6 nitrogen and oxygen atoms in total. The Morgan fingerprint density at radius 3 is 2.81 bits per heavy atom. The average Bonchev–Trinajstić information content (AvgIpc) is 2.85. The van der Waals surface area contributed by atoms with Gasteiger partial charge in [0.15, 0.2) is 0 Å². The van der Waals surface area contributed by atoms with Gasteiger partial charge in [-0.1, -0.05) is 43.0 Å². The summed E-state index contributed by atoms with van der Waals surface area (Å²) in [5.41, 5.74) is 0.904. The summed E-state index contributed by atoms with van der Waals surface area (Å²) in [7, 11) is 0. The van der Waals surface area contributed by atoms with Gasteiger partial charge < -0.3 is 14.2 Å². The number of hydrogen-bond donors (Lipinski definition) is 1. The number of benzene rings is 1. The summed E-state index contributed by atoms with van der Waals surface area (Å²) in [6.45, 7) is 3.72. The van der Waals surface area contributed by atoms with Crippen molar-refractivity contribution in [1.29, 1.82) is 0 Å². The topological polar surface area (TPSA) is 73.9 Å². The Hall–Kier alpha value is -2.34. The molecule has 0 aromatic heterocycles. The first kappa shape index (κ1) is 15.1. The third-order valence-electron chi connectivity index (χ3n) is 2.88. The molecule has 0 radical (unpaired) electrons. The Morgan fingerprint density at radius 1 is 1.43 bits per heavy atom. The van der Waals surface area contributed by atoms with Gasteiger partial charge in [0.05, 0.1) is 13.0 Å². The summed E-state index contributed by atoms with van der Waals surface area (Å²) < 4.78 is 15.6. The Labute approximate surface area is 122 Å². The molecule has 1 heterocycles. The van der Waals surface area contributed by atoms with Crippen molar-refractivity contribution in [3.63, 3.8) is 0 Å². The average molecular weight is 291 g/mol. The van der Waals surface area contributed by atoms with Crippen molar-refractivity contribution in [1.82, 2.24) is 5.32 Å². The van der Waals surface area contributed by atoms with E-state index in [-0.39, 0.29) is 26.1 Å². The first-order chi connectivity index (χ1) is 10.1. The fourth-order valence-electron chi connectivity index (χ4n) is 1.88. The standard InChI is InChI=1S/C15H17NO5/c1-2-10-19-14(18)16-15(9-8-13(17)21-15)20-11-12-6-4-3-5-7-12/h2-7H,1,8-11H2,(H,16,18). The van der Waals surface area contributed by atoms with Crippen LogP contribution in [0.2, 0.25) is 0 Å². The number of hydrogen-bond acceptors (Lipinski definition) is 5. The Bertz CT molecular complexity index is 516. The van der Waals surface area contributed by atoms with E-state index in [2.05, 4.69) is 11.9 Å². The lowest BCUT2D eigenvalue weighted by atomic mass is 10.2. The molecule has 1 unspecified atom stereocenters. The van der Waals surface area contributed by atoms with Gasteiger partial charge >= 0.3 is 18.0 Å². The number of alkyl carbamates (subject to hydrolysis) is 1. The van der Waals surface area contributed by atoms with Crippen LogP contribution in [0, 0.1) is 0 Å². The van der Waals surface area contributed by atoms with Crippen molar-refractivity contribution in [2.45, 2.75) is 25.4 Å². The third kappa shape index (κ3) is 4.32. The lowest BCUT2D eigenvalue weighted by Crippen LogP contribution is -2.50. The van der Waals surface area contributed by atoms with E-state index >= 15 is 0 Å². The Kier molecular flexibility index (Phi) is 4.94. The molecule has 112 valence electrons. The highest BCUT2D eigenvalue weighted by Gasteiger charge is 2.43. The molecule has 6 heteroatoms. The van der Waals surface area contributed by atoms with Crippen molar-refractivity contribution >= 4 is 12.1 Å². The van der Waals surface area contributed by atoms with Crippen LogP contribution in [0.5, 0.6) is 0 Å². The molecule has 1 aliphatic rings. The maximum absolute atomic E-state index is 11.6. The molecule has 1 aromatic rings. The molecule has 1 fully saturated rings. The highest BCUT2D eigenvalue weighted by Crippen LogP contribution is 2.26. The Morgan fingerprint density at radius 2 is 2.19 bits per heavy atom. The summed E-state index contributed by atoms with van der Waals surface area (Å²) in [6.07, 6.45) is 1.13. The molecule has 1 N–H and O–H groups in total. The van der Waals surface area contributed by atoms with Gasteiger partial charge in [0, 0.05) is 6.42 Å². The molecule has 1 atom stereocenters. The molecule has 1 aromatic carbocycles. The minimum absolute atomic E-state index is 0.0640. The van der Waals surface area contributed by atoms with Crippen LogP contribution < -0.4 is 5.32 Å². The van der Waals surface area contributed by atoms with Crippen LogP contribution >= 0.6 is 0 Å². The summed E-state index contributed by atoms with van der Waals surface area (Å²) in [5, 5.41) is 2.45. The van der Waals surface area contributed by atoms with Gasteiger partial charge in [-0.25, -0.2) is 4.79 Å². The predicted molar refractivity (Wildman–Crippen MR) is 74.0 cm³/mol. The summed E-state index contributed by atoms with van der Waals surface area (Å²) >= 11 is 0. The molecule has 1 saturated heterocycles. The smallest absolute Gasteiger partial charge is 0.412 e. The van der Waals surface area contributed by atoms with E-state index in [0.29, 0.717) is 0 Å². The van der Waals surface area contributed by atoms with Crippen molar-refractivity contribution in [2.75, 3.05) is 6.61 Å². The van der Waals surface area contributed by atoms with Crippen molar-refractivity contribution in [2.24, 2.45) is 0 Å². The van der Waals surface area contributed by atoms with E-state index in [9.17, 15) is 9.59 Å². The highest BCUT2D eigenvalue weighted by molar-refractivity contribution is 5.74. The number of nitrogens with one attached hydrogen (secondary N) is 1. The number of esters is 1. The van der Waals surface area contributed by atoms with E-state index in [4.69, 9.17) is 14.2 Å². The monoisotopic (exact) mass is 291 g/mol. The van der Waals surface area contributed by atoms with E-state index in [1.165, 1.54) is 6.08 Å². The summed E-state index contributed by atoms with van der Waals surface area (Å²) in [5.74, 6) is -1.89. The van der Waals surface area contributed by atoms with Crippen LogP contribution in [-0.2, 0) is 25.6 Å². The molecule has 2 rings (SSSR count). The maximum Gasteiger partial charge on any atom is 0.412 e. The van der Waals surface area contributed by atoms with Crippen LogP contribution in [-0.4, -0.2) is 24.6 Å². The van der Waals surface area contributed by atoms with Crippen LogP contribution in [0.25, 0.3) is 0 Å². The largest absolute Gasteiger partial charge is 0.445 e. The molecule has 1 amide bonds. The van der Waals surface area contributed by atoms with E-state index in [1.54, 1.807) is 0 Å². The fraction of sp³-hybridized carbons (Fsp3) is 0.333. The molecule has 1 aliphatic heterocycles. The number of carbonyl (C=O) groups is 2. The molecule has 0 aliphatic carbocycles. The van der Waals surface area contributed by atoms with E-state index < -0.39 is 18.0 Å². The lowest BCUT2D eigenvalue weighted by Gasteiger charge is -2.27. The summed E-state index contributed by atoms with van der Waals surface area (Å²) in [6, 6.07) is 9.39. The number of amides is 1. The zero-order chi connectivity index (χ0) is 15.1. The van der Waals surface area contributed by atoms with Gasteiger partial charge in [-0.3, -0.25) is 10.1 Å². The normalized spacial score (nSPS) is 20.7. The SMILES string of the molecule is C=CCOC(=O)NC1(OCc2ccccc2)CCC(=O)O1. The number of cyclic esters (lactones) is 1. The Balaban J connectivity index is 1.98. The first-order valence-corrected chi connectivity index (χ1v) is 6.59. The number of ether oxygens (including phenoxy) is 3. The maximum atomic E-state index is 11.6. The van der Waals surface area contributed by atoms with Gasteiger partial charge in [0.1, 0.15) is 6.61 Å². The highest BCUT2D eigenvalue weighted by atomic mass is 16.7. The molecule has 0 bridgehead atoms. The molecule has 21 heavy (non-hydrogen) atoms. The number of carbonyl (C=O) groups excluding carboxylic acids is 2. The lowest BCUT2D eigenvalue weighted by molar-refractivity contribution is -0.228. The molecular formula is C15H17NO5. The van der Waals surface area contributed by atoms with Crippen molar-refractivity contribution in [3.8, 4) is 0 Å². The second-order valence-corrected chi connectivity index (χ2v) is 4.51. The van der Waals surface area contributed by atoms with Crippen molar-refractivity contribution < 1.29 is 23.8 Å². The second-order valence-electron chi connectivity index (χ2n) is 4.51. The van der Waals surface area contributed by atoms with Crippen LogP contribution in [0.3, 0.4) is 0 Å². The molecular weight excluding hydrogens is 274 g/mol. The number of rotatable bonds is 6. The minimum Gasteiger partial charge on any atom is -0.445 e. The first-order valence-electron chi connectivity index (χ1n) is 6.59. The fourth-order valence-corrected chi connectivity index (χ4v) is 1.88. The zero-order valence-electron chi connectivity index (χ0n) is 11.5. The molecule has 0 spiro atoms. The second kappa shape index (κ2) is 6.90. The van der Waals surface area contributed by atoms with E-state index in [0.717, 1.165) is 5.56 Å². The quantitative estimate of drug-likeness (QED) is 0.493. The van der Waals surface area contributed by atoms with Crippen LogP contribution in [0.15, 0.2) is 43.0 Å². The van der Waals surface area contributed by atoms with Gasteiger partial charge in [0.2, 0.25) is 0 Å². The zero-order valence-corrected chi connectivity index (χ0v) is 11.5. The third-order valence-corrected chi connectivity index (χ3v) is 2.88. The van der Waals surface area contributed by atoms with Crippen LogP contribution in [0.1, 0.15) is 18.4 Å².